The Morgan fingerprint density at radius 2 is 1.26 bits per heavy atom. The smallest absolute Gasteiger partial charge is 0.329 e. The minimum atomic E-state index is -0.864. The van der Waals surface area contributed by atoms with Gasteiger partial charge in [0.1, 0.15) is 35.1 Å². The lowest BCUT2D eigenvalue weighted by Gasteiger charge is -2.19. The Hall–Kier alpha value is -2.12. The normalized spacial score (nSPS) is 14.2. The van der Waals surface area contributed by atoms with E-state index in [4.69, 9.17) is 18.9 Å². The summed E-state index contributed by atoms with van der Waals surface area (Å²) in [5.74, 6) is -1.47. The predicted octanol–water partition coefficient (Wildman–Crippen LogP) is 0.788. The summed E-state index contributed by atoms with van der Waals surface area (Å²) in [7, 11) is 2.47. The molecule has 0 bridgehead atoms. The third-order valence-corrected chi connectivity index (χ3v) is 6.54. The fraction of sp³-hybridized carbons (Fsp3) is 0.556. The number of nitrogens with one attached hydrogen (secondary N) is 2. The van der Waals surface area contributed by atoms with Crippen LogP contribution < -0.4 is 20.1 Å². The molecule has 2 atom stereocenters. The summed E-state index contributed by atoms with van der Waals surface area (Å²) in [5, 5.41) is 5.21. The van der Waals surface area contributed by atoms with Gasteiger partial charge in [-0.2, -0.15) is 23.5 Å². The van der Waals surface area contributed by atoms with Crippen LogP contribution in [0.2, 0.25) is 0 Å². The Morgan fingerprint density at radius 1 is 0.871 bits per heavy atom. The number of fused-ring (bicyclic) bond motifs is 1. The summed E-state index contributed by atoms with van der Waals surface area (Å²) in [6.07, 6.45) is 3.58. The maximum absolute atomic E-state index is 12.9. The number of amides is 2. The Balaban J connectivity index is 2.31. The lowest BCUT2D eigenvalue weighted by atomic mass is 10.2. The van der Waals surface area contributed by atoms with Crippen molar-refractivity contribution >= 4 is 58.6 Å². The number of carbonyl (C=O) groups is 4. The number of thiophene rings is 1. The molecule has 2 rings (SSSR count). The van der Waals surface area contributed by atoms with Gasteiger partial charge in [-0.05, 0) is 12.5 Å². The van der Waals surface area contributed by atoms with Crippen LogP contribution >= 0.6 is 34.9 Å². The number of rotatable bonds is 10. The van der Waals surface area contributed by atoms with Gasteiger partial charge >= 0.3 is 11.9 Å². The van der Waals surface area contributed by atoms with Crippen LogP contribution in [0, 0.1) is 0 Å². The topological polar surface area (TPSA) is 129 Å². The summed E-state index contributed by atoms with van der Waals surface area (Å²) < 4.78 is 20.6. The molecule has 0 saturated carbocycles. The molecular formula is C18H24N2O8S3. The molecule has 0 radical (unpaired) electrons. The Bertz CT molecular complexity index is 764. The molecule has 0 aromatic carbocycles. The highest BCUT2D eigenvalue weighted by Crippen LogP contribution is 2.44. The second kappa shape index (κ2) is 12.1. The molecule has 2 N–H and O–H groups in total. The molecule has 0 spiro atoms. The molecule has 1 aromatic heterocycles. The van der Waals surface area contributed by atoms with Crippen LogP contribution in [0.4, 0.5) is 0 Å². The zero-order valence-electron chi connectivity index (χ0n) is 17.5. The highest BCUT2D eigenvalue weighted by atomic mass is 32.2. The lowest BCUT2D eigenvalue weighted by molar-refractivity contribution is -0.143. The van der Waals surface area contributed by atoms with Gasteiger partial charge in [0.25, 0.3) is 11.8 Å². The average Bonchev–Trinajstić information content (AvgIpc) is 3.17. The number of carbonyl (C=O) groups excluding carboxylic acids is 4. The summed E-state index contributed by atoms with van der Waals surface area (Å²) in [6, 6.07) is -1.73. The summed E-state index contributed by atoms with van der Waals surface area (Å²) in [6.45, 7) is 0.404. The van der Waals surface area contributed by atoms with Crippen molar-refractivity contribution in [1.82, 2.24) is 10.6 Å². The molecule has 2 amide bonds. The maximum Gasteiger partial charge on any atom is 0.329 e. The molecule has 1 aliphatic heterocycles. The minimum Gasteiger partial charge on any atom is -0.484 e. The van der Waals surface area contributed by atoms with E-state index >= 15 is 0 Å². The van der Waals surface area contributed by atoms with Crippen molar-refractivity contribution < 1.29 is 38.1 Å². The van der Waals surface area contributed by atoms with E-state index in [9.17, 15) is 19.2 Å². The summed E-state index contributed by atoms with van der Waals surface area (Å²) >= 11 is 3.59. The van der Waals surface area contributed by atoms with E-state index in [0.29, 0.717) is 11.5 Å². The van der Waals surface area contributed by atoms with Crippen molar-refractivity contribution in [3.63, 3.8) is 0 Å². The zero-order valence-corrected chi connectivity index (χ0v) is 19.9. The highest BCUT2D eigenvalue weighted by Gasteiger charge is 2.34. The average molecular weight is 493 g/mol. The quantitative estimate of drug-likeness (QED) is 0.452. The van der Waals surface area contributed by atoms with E-state index in [1.165, 1.54) is 37.7 Å². The number of thioether (sulfide) groups is 2. The Kier molecular flexibility index (Phi) is 9.78. The zero-order chi connectivity index (χ0) is 23.0. The fourth-order valence-corrected chi connectivity index (χ4v) is 4.75. The third-order valence-electron chi connectivity index (χ3n) is 4.06. The standard InChI is InChI=1S/C18H24N2O8S3/c1-25-17(23)9(7-29-3)19-15(21)13-11-12(28-6-5-27-11)14(31-13)16(22)20-10(8-30-4)18(24)26-2/h9-10H,5-8H2,1-4H3,(H,19,21)(H,20,22). The number of ether oxygens (including phenoxy) is 4. The molecule has 0 fully saturated rings. The van der Waals surface area contributed by atoms with E-state index in [2.05, 4.69) is 10.6 Å². The van der Waals surface area contributed by atoms with Crippen LogP contribution in [-0.2, 0) is 19.1 Å². The van der Waals surface area contributed by atoms with E-state index in [-0.39, 0.29) is 34.5 Å². The van der Waals surface area contributed by atoms with Crippen LogP contribution in [0.25, 0.3) is 0 Å². The van der Waals surface area contributed by atoms with Crippen LogP contribution in [-0.4, -0.2) is 87.3 Å². The van der Waals surface area contributed by atoms with E-state index in [1.54, 1.807) is 12.5 Å². The van der Waals surface area contributed by atoms with Gasteiger partial charge in [0, 0.05) is 11.5 Å². The van der Waals surface area contributed by atoms with E-state index < -0.39 is 35.8 Å². The van der Waals surface area contributed by atoms with Crippen molar-refractivity contribution in [2.45, 2.75) is 12.1 Å². The molecule has 2 unspecified atom stereocenters. The second-order valence-corrected chi connectivity index (χ2v) is 8.97. The van der Waals surface area contributed by atoms with Gasteiger partial charge < -0.3 is 29.6 Å². The van der Waals surface area contributed by atoms with Gasteiger partial charge in [-0.3, -0.25) is 9.59 Å². The van der Waals surface area contributed by atoms with Crippen molar-refractivity contribution in [3.05, 3.63) is 9.75 Å². The van der Waals surface area contributed by atoms with Gasteiger partial charge in [-0.25, -0.2) is 9.59 Å². The molecule has 31 heavy (non-hydrogen) atoms. The van der Waals surface area contributed by atoms with Crippen molar-refractivity contribution in [2.24, 2.45) is 0 Å². The van der Waals surface area contributed by atoms with Gasteiger partial charge in [0.2, 0.25) is 0 Å². The van der Waals surface area contributed by atoms with Crippen LogP contribution in [0.5, 0.6) is 11.5 Å². The minimum absolute atomic E-state index is 0.0920. The van der Waals surface area contributed by atoms with Crippen molar-refractivity contribution in [3.8, 4) is 11.5 Å². The summed E-state index contributed by atoms with van der Waals surface area (Å²) in [4.78, 5) is 49.8. The molecule has 10 nitrogen and oxygen atoms in total. The Labute approximate surface area is 192 Å². The van der Waals surface area contributed by atoms with Crippen LogP contribution in [0.1, 0.15) is 19.3 Å². The molecule has 0 saturated heterocycles. The molecule has 0 aliphatic carbocycles. The van der Waals surface area contributed by atoms with Gasteiger partial charge in [0.05, 0.1) is 14.2 Å². The van der Waals surface area contributed by atoms with Gasteiger partial charge in [0.15, 0.2) is 11.5 Å². The predicted molar refractivity (Wildman–Crippen MR) is 119 cm³/mol. The van der Waals surface area contributed by atoms with Crippen molar-refractivity contribution in [2.75, 3.05) is 51.5 Å². The van der Waals surface area contributed by atoms with E-state index in [0.717, 1.165) is 11.3 Å². The number of esters is 2. The first-order chi connectivity index (χ1) is 14.9. The van der Waals surface area contributed by atoms with E-state index in [1.807, 2.05) is 0 Å². The lowest BCUT2D eigenvalue weighted by Crippen LogP contribution is -2.43. The first-order valence-corrected chi connectivity index (χ1v) is 12.7. The SMILES string of the molecule is COC(=O)C(CSC)NC(=O)c1sc(C(=O)NC(CSC)C(=O)OC)c2c1OCCO2. The maximum atomic E-state index is 12.9. The molecule has 1 aliphatic rings. The largest absolute Gasteiger partial charge is 0.484 e. The third kappa shape index (κ3) is 6.20. The highest BCUT2D eigenvalue weighted by molar-refractivity contribution is 7.98. The monoisotopic (exact) mass is 492 g/mol. The van der Waals surface area contributed by atoms with Crippen LogP contribution in [0.3, 0.4) is 0 Å². The van der Waals surface area contributed by atoms with Gasteiger partial charge in [-0.15, -0.1) is 11.3 Å². The molecule has 172 valence electrons. The number of methoxy groups -OCH3 is 2. The first kappa shape index (κ1) is 25.1. The molecular weight excluding hydrogens is 468 g/mol. The van der Waals surface area contributed by atoms with Gasteiger partial charge in [-0.1, -0.05) is 0 Å². The van der Waals surface area contributed by atoms with Crippen LogP contribution in [0.15, 0.2) is 0 Å². The molecule has 1 aromatic rings. The Morgan fingerprint density at radius 3 is 1.58 bits per heavy atom. The number of hydrogen-bond acceptors (Lipinski definition) is 11. The molecule has 2 heterocycles. The first-order valence-electron chi connectivity index (χ1n) is 9.05. The fourth-order valence-electron chi connectivity index (χ4n) is 2.65. The second-order valence-electron chi connectivity index (χ2n) is 6.12. The molecule has 13 heteroatoms. The summed E-state index contributed by atoms with van der Waals surface area (Å²) in [5.41, 5.74) is 0. The number of hydrogen-bond donors (Lipinski definition) is 2. The van der Waals surface area contributed by atoms with Crippen molar-refractivity contribution in [1.29, 1.82) is 0 Å².